The first-order valence-corrected chi connectivity index (χ1v) is 10.1. The zero-order valence-corrected chi connectivity index (χ0v) is 16.7. The number of methoxy groups -OCH3 is 3. The molecule has 0 saturated carbocycles. The molecular weight excluding hydrogens is 370 g/mol. The van der Waals surface area contributed by atoms with Gasteiger partial charge in [0, 0.05) is 17.8 Å². The molecule has 2 aromatic rings. The number of unbranched alkanes of at least 4 members (excludes halogenated alkanes) is 1. The molecule has 0 bridgehead atoms. The van der Waals surface area contributed by atoms with Crippen molar-refractivity contribution < 1.29 is 22.6 Å². The molecule has 0 aliphatic carbocycles. The Bertz CT molecular complexity index is 829. The van der Waals surface area contributed by atoms with Crippen LogP contribution in [0.2, 0.25) is 0 Å². The lowest BCUT2D eigenvalue weighted by Crippen LogP contribution is -2.17. The lowest BCUT2D eigenvalue weighted by molar-refractivity contribution is 0.324. The quantitative estimate of drug-likeness (QED) is 0.636. The fourth-order valence-corrected chi connectivity index (χ4v) is 3.60. The average molecular weight is 395 g/mol. The van der Waals surface area contributed by atoms with E-state index in [1.807, 2.05) is 6.92 Å². The van der Waals surface area contributed by atoms with Gasteiger partial charge < -0.3 is 19.5 Å². The van der Waals surface area contributed by atoms with Gasteiger partial charge in [-0.1, -0.05) is 13.3 Å². The second-order valence-electron chi connectivity index (χ2n) is 5.75. The standard InChI is InChI=1S/C18H25N3O5S/c1-5-6-9-27(22,23)21-17-8-7-13(12-19-17)20-14-10-15(24-2)18(26-4)16(11-14)25-3/h7-8,10-12,20H,5-6,9H2,1-4H3,(H,19,21). The van der Waals surface area contributed by atoms with E-state index in [0.717, 1.165) is 6.42 Å². The van der Waals surface area contributed by atoms with Crippen LogP contribution in [0.5, 0.6) is 17.2 Å². The Hall–Kier alpha value is -2.68. The van der Waals surface area contributed by atoms with Gasteiger partial charge in [0.05, 0.1) is 39.0 Å². The molecule has 0 atom stereocenters. The number of hydrogen-bond acceptors (Lipinski definition) is 7. The van der Waals surface area contributed by atoms with Crippen molar-refractivity contribution in [2.45, 2.75) is 19.8 Å². The molecule has 0 amide bonds. The van der Waals surface area contributed by atoms with E-state index < -0.39 is 10.0 Å². The fourth-order valence-electron chi connectivity index (χ4n) is 2.39. The summed E-state index contributed by atoms with van der Waals surface area (Å²) in [6.07, 6.45) is 2.96. The Balaban J connectivity index is 2.15. The van der Waals surface area contributed by atoms with Gasteiger partial charge in [-0.3, -0.25) is 4.72 Å². The van der Waals surface area contributed by atoms with Crippen molar-refractivity contribution in [3.05, 3.63) is 30.5 Å². The van der Waals surface area contributed by atoms with Gasteiger partial charge in [0.1, 0.15) is 5.82 Å². The van der Waals surface area contributed by atoms with Gasteiger partial charge in [0.2, 0.25) is 15.8 Å². The van der Waals surface area contributed by atoms with Gasteiger partial charge in [0.25, 0.3) is 0 Å². The highest BCUT2D eigenvalue weighted by atomic mass is 32.2. The zero-order valence-electron chi connectivity index (χ0n) is 15.9. The summed E-state index contributed by atoms with van der Waals surface area (Å²) in [4.78, 5) is 4.15. The van der Waals surface area contributed by atoms with E-state index in [4.69, 9.17) is 14.2 Å². The molecule has 8 nitrogen and oxygen atoms in total. The fraction of sp³-hybridized carbons (Fsp3) is 0.389. The van der Waals surface area contributed by atoms with Crippen LogP contribution < -0.4 is 24.2 Å². The number of nitrogens with zero attached hydrogens (tertiary/aromatic N) is 1. The average Bonchev–Trinajstić information content (AvgIpc) is 2.66. The van der Waals surface area contributed by atoms with E-state index in [-0.39, 0.29) is 11.6 Å². The first-order valence-electron chi connectivity index (χ1n) is 8.46. The number of rotatable bonds is 10. The second-order valence-corrected chi connectivity index (χ2v) is 7.59. The number of ether oxygens (including phenoxy) is 3. The van der Waals surface area contributed by atoms with Gasteiger partial charge in [-0.2, -0.15) is 0 Å². The monoisotopic (exact) mass is 395 g/mol. The van der Waals surface area contributed by atoms with Crippen molar-refractivity contribution in [3.8, 4) is 17.2 Å². The third kappa shape index (κ3) is 5.65. The van der Waals surface area contributed by atoms with E-state index in [1.165, 1.54) is 7.11 Å². The Morgan fingerprint density at radius 2 is 1.67 bits per heavy atom. The Morgan fingerprint density at radius 3 is 2.15 bits per heavy atom. The number of anilines is 3. The van der Waals surface area contributed by atoms with E-state index in [1.54, 1.807) is 44.7 Å². The molecule has 27 heavy (non-hydrogen) atoms. The highest BCUT2D eigenvalue weighted by molar-refractivity contribution is 7.92. The minimum atomic E-state index is -3.37. The summed E-state index contributed by atoms with van der Waals surface area (Å²) in [6, 6.07) is 6.86. The Labute approximate surface area is 159 Å². The molecule has 2 rings (SSSR count). The van der Waals surface area contributed by atoms with Crippen LogP contribution in [0.4, 0.5) is 17.2 Å². The van der Waals surface area contributed by atoms with Crippen LogP contribution >= 0.6 is 0 Å². The summed E-state index contributed by atoms with van der Waals surface area (Å²) in [5.74, 6) is 1.90. The summed E-state index contributed by atoms with van der Waals surface area (Å²) >= 11 is 0. The van der Waals surface area contributed by atoms with E-state index in [9.17, 15) is 8.42 Å². The summed E-state index contributed by atoms with van der Waals surface area (Å²) in [7, 11) is 1.25. The van der Waals surface area contributed by atoms with Crippen LogP contribution in [0.25, 0.3) is 0 Å². The minimum Gasteiger partial charge on any atom is -0.493 e. The number of nitrogens with one attached hydrogen (secondary N) is 2. The van der Waals surface area contributed by atoms with E-state index >= 15 is 0 Å². The molecule has 0 aliphatic rings. The summed E-state index contributed by atoms with van der Waals surface area (Å²) in [6.45, 7) is 1.94. The van der Waals surface area contributed by atoms with Gasteiger partial charge in [-0.05, 0) is 18.6 Å². The highest BCUT2D eigenvalue weighted by Crippen LogP contribution is 2.40. The highest BCUT2D eigenvalue weighted by Gasteiger charge is 2.14. The van der Waals surface area contributed by atoms with Crippen LogP contribution in [0.1, 0.15) is 19.8 Å². The topological polar surface area (TPSA) is 98.8 Å². The van der Waals surface area contributed by atoms with Crippen molar-refractivity contribution in [3.63, 3.8) is 0 Å². The first kappa shape index (κ1) is 20.6. The maximum absolute atomic E-state index is 11.9. The second kappa shape index (κ2) is 9.31. The van der Waals surface area contributed by atoms with E-state index in [2.05, 4.69) is 15.0 Å². The minimum absolute atomic E-state index is 0.0800. The Morgan fingerprint density at radius 1 is 1.00 bits per heavy atom. The van der Waals surface area contributed by atoms with Gasteiger partial charge in [-0.15, -0.1) is 0 Å². The Kier molecular flexibility index (Phi) is 7.12. The van der Waals surface area contributed by atoms with Crippen LogP contribution in [0.15, 0.2) is 30.5 Å². The summed E-state index contributed by atoms with van der Waals surface area (Å²) in [5, 5.41) is 3.17. The lowest BCUT2D eigenvalue weighted by atomic mass is 10.2. The normalized spacial score (nSPS) is 11.0. The molecule has 9 heteroatoms. The SMILES string of the molecule is CCCCS(=O)(=O)Nc1ccc(Nc2cc(OC)c(OC)c(OC)c2)cn1. The number of pyridine rings is 1. The number of benzene rings is 1. The maximum Gasteiger partial charge on any atom is 0.233 e. The van der Waals surface area contributed by atoms with E-state index in [0.29, 0.717) is 35.0 Å². The predicted octanol–water partition coefficient (Wildman–Crippen LogP) is 3.39. The molecule has 0 radical (unpaired) electrons. The summed E-state index contributed by atoms with van der Waals surface area (Å²) < 4.78 is 42.3. The summed E-state index contributed by atoms with van der Waals surface area (Å²) in [5.41, 5.74) is 1.39. The molecule has 2 N–H and O–H groups in total. The predicted molar refractivity (Wildman–Crippen MR) is 106 cm³/mol. The smallest absolute Gasteiger partial charge is 0.233 e. The lowest BCUT2D eigenvalue weighted by Gasteiger charge is -2.15. The number of aromatic nitrogens is 1. The van der Waals surface area contributed by atoms with Crippen molar-refractivity contribution in [1.29, 1.82) is 0 Å². The molecule has 1 aromatic heterocycles. The van der Waals surface area contributed by atoms with Crippen molar-refractivity contribution in [1.82, 2.24) is 4.98 Å². The molecule has 1 aromatic carbocycles. The zero-order chi connectivity index (χ0) is 19.9. The molecule has 0 fully saturated rings. The number of sulfonamides is 1. The van der Waals surface area contributed by atoms with Crippen LogP contribution in [0.3, 0.4) is 0 Å². The molecule has 0 unspecified atom stereocenters. The third-order valence-electron chi connectivity index (χ3n) is 3.74. The molecule has 0 spiro atoms. The van der Waals surface area contributed by atoms with Crippen LogP contribution in [-0.2, 0) is 10.0 Å². The molecule has 0 saturated heterocycles. The largest absolute Gasteiger partial charge is 0.493 e. The van der Waals surface area contributed by atoms with Crippen LogP contribution in [0, 0.1) is 0 Å². The maximum atomic E-state index is 11.9. The molecule has 148 valence electrons. The third-order valence-corrected chi connectivity index (χ3v) is 5.09. The van der Waals surface area contributed by atoms with Crippen molar-refractivity contribution in [2.75, 3.05) is 37.1 Å². The van der Waals surface area contributed by atoms with Crippen molar-refractivity contribution >= 4 is 27.2 Å². The molecular formula is C18H25N3O5S. The first-order chi connectivity index (χ1) is 12.9. The van der Waals surface area contributed by atoms with Gasteiger partial charge >= 0.3 is 0 Å². The van der Waals surface area contributed by atoms with Crippen LogP contribution in [-0.4, -0.2) is 40.5 Å². The molecule has 0 aliphatic heterocycles. The van der Waals surface area contributed by atoms with Gasteiger partial charge in [0.15, 0.2) is 11.5 Å². The molecule has 1 heterocycles. The van der Waals surface area contributed by atoms with Crippen molar-refractivity contribution in [2.24, 2.45) is 0 Å². The van der Waals surface area contributed by atoms with Gasteiger partial charge in [-0.25, -0.2) is 13.4 Å². The number of hydrogen-bond donors (Lipinski definition) is 2.